The number of rotatable bonds is 10. The van der Waals surface area contributed by atoms with E-state index in [-0.39, 0.29) is 30.4 Å². The van der Waals surface area contributed by atoms with Gasteiger partial charge in [0.2, 0.25) is 5.91 Å². The number of nitrogens with zero attached hydrogens (tertiary/aromatic N) is 3. The molecule has 8 nitrogen and oxygen atoms in total. The maximum atomic E-state index is 12.8. The molecule has 8 heteroatoms. The number of aromatic nitrogens is 2. The van der Waals surface area contributed by atoms with Gasteiger partial charge in [-0.3, -0.25) is 14.7 Å². The van der Waals surface area contributed by atoms with E-state index in [1.807, 2.05) is 13.8 Å². The van der Waals surface area contributed by atoms with Gasteiger partial charge in [-0.25, -0.2) is 0 Å². The molecule has 2 rings (SSSR count). The Balaban J connectivity index is 1.88. The lowest BCUT2D eigenvalue weighted by molar-refractivity contribution is -0.132. The predicted octanol–water partition coefficient (Wildman–Crippen LogP) is 2.16. The van der Waals surface area contributed by atoms with E-state index < -0.39 is 0 Å². The number of nitrogens with one attached hydrogen (secondary N) is 1. The zero-order valence-corrected chi connectivity index (χ0v) is 17.4. The Labute approximate surface area is 166 Å². The lowest BCUT2D eigenvalue weighted by Gasteiger charge is -2.25. The molecule has 0 radical (unpaired) electrons. The molecule has 28 heavy (non-hydrogen) atoms. The molecule has 0 aliphatic carbocycles. The van der Waals surface area contributed by atoms with Crippen molar-refractivity contribution in [2.75, 3.05) is 40.4 Å². The van der Waals surface area contributed by atoms with Crippen LogP contribution in [0.5, 0.6) is 0 Å². The standard InChI is InChI=1S/C20H32N4O4/c1-6-27-17(14(2)3)12-18(25)23(4)9-10-24(5)20(26)15-13-21-22-19(15)16-8-7-11-28-16/h13,16-17H,2,6-12H2,1,3-5H3,(H,21,22). The summed E-state index contributed by atoms with van der Waals surface area (Å²) in [6, 6.07) is 0. The number of carbonyl (C=O) groups excluding carboxylic acids is 2. The van der Waals surface area contributed by atoms with Crippen molar-refractivity contribution in [2.24, 2.45) is 0 Å². The van der Waals surface area contributed by atoms with E-state index in [4.69, 9.17) is 9.47 Å². The quantitative estimate of drug-likeness (QED) is 0.617. The van der Waals surface area contributed by atoms with Gasteiger partial charge >= 0.3 is 0 Å². The zero-order valence-electron chi connectivity index (χ0n) is 17.4. The second kappa shape index (κ2) is 10.4. The molecule has 1 aliphatic rings. The van der Waals surface area contributed by atoms with E-state index in [1.165, 1.54) is 0 Å². The summed E-state index contributed by atoms with van der Waals surface area (Å²) < 4.78 is 11.2. The third kappa shape index (κ3) is 5.65. The summed E-state index contributed by atoms with van der Waals surface area (Å²) in [5.41, 5.74) is 2.10. The lowest BCUT2D eigenvalue weighted by Crippen LogP contribution is -2.38. The molecule has 0 bridgehead atoms. The highest BCUT2D eigenvalue weighted by Crippen LogP contribution is 2.29. The first-order valence-corrected chi connectivity index (χ1v) is 9.76. The van der Waals surface area contributed by atoms with Crippen LogP contribution in [0.2, 0.25) is 0 Å². The van der Waals surface area contributed by atoms with Gasteiger partial charge in [0.25, 0.3) is 5.91 Å². The van der Waals surface area contributed by atoms with Gasteiger partial charge in [-0.15, -0.1) is 0 Å². The largest absolute Gasteiger partial charge is 0.374 e. The van der Waals surface area contributed by atoms with Crippen molar-refractivity contribution >= 4 is 11.8 Å². The number of H-pyrrole nitrogens is 1. The lowest BCUT2D eigenvalue weighted by atomic mass is 10.1. The monoisotopic (exact) mass is 392 g/mol. The molecule has 0 saturated carbocycles. The molecular weight excluding hydrogens is 360 g/mol. The summed E-state index contributed by atoms with van der Waals surface area (Å²) in [5, 5.41) is 6.92. The molecule has 2 atom stereocenters. The van der Waals surface area contributed by atoms with Crippen molar-refractivity contribution in [3.63, 3.8) is 0 Å². The van der Waals surface area contributed by atoms with Crippen LogP contribution in [0, 0.1) is 0 Å². The predicted molar refractivity (Wildman–Crippen MR) is 106 cm³/mol. The van der Waals surface area contributed by atoms with Crippen LogP contribution in [0.1, 0.15) is 55.3 Å². The topological polar surface area (TPSA) is 87.8 Å². The minimum Gasteiger partial charge on any atom is -0.374 e. The number of likely N-dealkylation sites (N-methyl/N-ethyl adjacent to an activating group) is 2. The van der Waals surface area contributed by atoms with E-state index in [0.29, 0.717) is 31.9 Å². The molecule has 0 aromatic carbocycles. The van der Waals surface area contributed by atoms with Gasteiger partial charge in [-0.05, 0) is 26.7 Å². The first kappa shape index (κ1) is 22.1. The van der Waals surface area contributed by atoms with E-state index in [0.717, 1.165) is 24.1 Å². The molecule has 1 N–H and O–H groups in total. The number of aromatic amines is 1. The molecule has 1 saturated heterocycles. The van der Waals surface area contributed by atoms with Crippen LogP contribution in [0.15, 0.2) is 18.3 Å². The van der Waals surface area contributed by atoms with E-state index in [1.54, 1.807) is 30.1 Å². The SMILES string of the molecule is C=C(C)C(CC(=O)N(C)CCN(C)C(=O)c1cn[nH]c1C1CCCO1)OCC. The Morgan fingerprint density at radius 2 is 2.11 bits per heavy atom. The Bertz CT molecular complexity index is 682. The van der Waals surface area contributed by atoms with Crippen LogP contribution in [0.25, 0.3) is 0 Å². The van der Waals surface area contributed by atoms with Gasteiger partial charge in [-0.2, -0.15) is 5.10 Å². The summed E-state index contributed by atoms with van der Waals surface area (Å²) >= 11 is 0. The molecule has 1 fully saturated rings. The Morgan fingerprint density at radius 3 is 2.71 bits per heavy atom. The van der Waals surface area contributed by atoms with E-state index >= 15 is 0 Å². The minimum absolute atomic E-state index is 0.0364. The first-order chi connectivity index (χ1) is 13.3. The summed E-state index contributed by atoms with van der Waals surface area (Å²) in [4.78, 5) is 28.5. The summed E-state index contributed by atoms with van der Waals surface area (Å²) in [5.74, 6) is -0.167. The smallest absolute Gasteiger partial charge is 0.257 e. The maximum Gasteiger partial charge on any atom is 0.257 e. The van der Waals surface area contributed by atoms with E-state index in [9.17, 15) is 9.59 Å². The highest BCUT2D eigenvalue weighted by Gasteiger charge is 2.27. The molecule has 1 aliphatic heterocycles. The fourth-order valence-corrected chi connectivity index (χ4v) is 3.14. The van der Waals surface area contributed by atoms with Gasteiger partial charge < -0.3 is 19.3 Å². The normalized spacial score (nSPS) is 17.4. The van der Waals surface area contributed by atoms with Crippen LogP contribution in [-0.2, 0) is 14.3 Å². The van der Waals surface area contributed by atoms with Gasteiger partial charge in [0, 0.05) is 40.4 Å². The maximum absolute atomic E-state index is 12.8. The number of carbonyl (C=O) groups is 2. The Kier molecular flexibility index (Phi) is 8.19. The minimum atomic E-state index is -0.279. The van der Waals surface area contributed by atoms with Crippen LogP contribution in [0.4, 0.5) is 0 Å². The average molecular weight is 393 g/mol. The van der Waals surface area contributed by atoms with Gasteiger partial charge in [0.1, 0.15) is 0 Å². The van der Waals surface area contributed by atoms with Crippen molar-refractivity contribution in [3.05, 3.63) is 29.6 Å². The van der Waals surface area contributed by atoms with Crippen LogP contribution in [-0.4, -0.2) is 78.3 Å². The van der Waals surface area contributed by atoms with Gasteiger partial charge in [0.05, 0.1) is 36.1 Å². The number of hydrogen-bond donors (Lipinski definition) is 1. The van der Waals surface area contributed by atoms with Crippen molar-refractivity contribution < 1.29 is 19.1 Å². The van der Waals surface area contributed by atoms with Crippen LogP contribution in [0.3, 0.4) is 0 Å². The molecule has 156 valence electrons. The molecule has 1 aromatic heterocycles. The van der Waals surface area contributed by atoms with E-state index in [2.05, 4.69) is 16.8 Å². The van der Waals surface area contributed by atoms with Crippen LogP contribution < -0.4 is 0 Å². The third-order valence-corrected chi connectivity index (χ3v) is 4.97. The Morgan fingerprint density at radius 1 is 1.39 bits per heavy atom. The first-order valence-electron chi connectivity index (χ1n) is 9.76. The second-order valence-corrected chi connectivity index (χ2v) is 7.24. The summed E-state index contributed by atoms with van der Waals surface area (Å²) in [6.45, 7) is 9.72. The molecule has 2 unspecified atom stereocenters. The van der Waals surface area contributed by atoms with Gasteiger partial charge in [-0.1, -0.05) is 12.2 Å². The molecule has 0 spiro atoms. The van der Waals surface area contributed by atoms with Crippen molar-refractivity contribution in [1.29, 1.82) is 0 Å². The second-order valence-electron chi connectivity index (χ2n) is 7.24. The molecule has 2 heterocycles. The fourth-order valence-electron chi connectivity index (χ4n) is 3.14. The Hall–Kier alpha value is -2.19. The number of ether oxygens (including phenoxy) is 2. The van der Waals surface area contributed by atoms with Crippen molar-refractivity contribution in [3.8, 4) is 0 Å². The molecule has 2 amide bonds. The highest BCUT2D eigenvalue weighted by molar-refractivity contribution is 5.95. The highest BCUT2D eigenvalue weighted by atomic mass is 16.5. The summed E-state index contributed by atoms with van der Waals surface area (Å²) in [6.07, 6.45) is 3.28. The van der Waals surface area contributed by atoms with Crippen molar-refractivity contribution in [2.45, 2.75) is 45.3 Å². The zero-order chi connectivity index (χ0) is 20.7. The third-order valence-electron chi connectivity index (χ3n) is 4.97. The number of hydrogen-bond acceptors (Lipinski definition) is 5. The molecular formula is C20H32N4O4. The number of amides is 2. The van der Waals surface area contributed by atoms with Gasteiger partial charge in [0.15, 0.2) is 0 Å². The van der Waals surface area contributed by atoms with Crippen LogP contribution >= 0.6 is 0 Å². The average Bonchev–Trinajstić information content (AvgIpc) is 3.35. The fraction of sp³-hybridized carbons (Fsp3) is 0.650. The summed E-state index contributed by atoms with van der Waals surface area (Å²) in [7, 11) is 3.46. The van der Waals surface area contributed by atoms with Crippen molar-refractivity contribution in [1.82, 2.24) is 20.0 Å². The molecule has 1 aromatic rings.